The van der Waals surface area contributed by atoms with Crippen LogP contribution in [0.15, 0.2) is 64.0 Å². The average molecular weight is 324 g/mol. The third-order valence-electron chi connectivity index (χ3n) is 4.08. The molecule has 3 rings (SSSR count). The van der Waals surface area contributed by atoms with E-state index in [0.717, 1.165) is 19.6 Å². The van der Waals surface area contributed by atoms with Gasteiger partial charge < -0.3 is 9.32 Å². The van der Waals surface area contributed by atoms with Gasteiger partial charge in [-0.15, -0.1) is 0 Å². The molecule has 124 valence electrons. The fraction of sp³-hybridized carbons (Fsp3) is 0.263. The first-order chi connectivity index (χ1) is 11.7. The number of rotatable bonds is 4. The molecule has 1 aromatic heterocycles. The van der Waals surface area contributed by atoms with E-state index in [1.54, 1.807) is 4.90 Å². The van der Waals surface area contributed by atoms with E-state index in [-0.39, 0.29) is 5.91 Å². The van der Waals surface area contributed by atoms with Crippen molar-refractivity contribution in [1.82, 2.24) is 9.80 Å². The monoisotopic (exact) mass is 324 g/mol. The van der Waals surface area contributed by atoms with Crippen molar-refractivity contribution in [2.45, 2.75) is 0 Å². The topological polar surface area (TPSA) is 53.8 Å². The van der Waals surface area contributed by atoms with Crippen molar-refractivity contribution < 1.29 is 9.21 Å². The van der Waals surface area contributed by atoms with E-state index in [0.29, 0.717) is 18.7 Å². The van der Waals surface area contributed by atoms with Crippen LogP contribution in [0.5, 0.6) is 0 Å². The summed E-state index contributed by atoms with van der Waals surface area (Å²) in [7, 11) is 0. The largest absolute Gasteiger partial charge is 0.430 e. The molecule has 5 heteroatoms. The average Bonchev–Trinajstić information content (AvgIpc) is 2.63. The molecule has 1 amide bonds. The fourth-order valence-electron chi connectivity index (χ4n) is 2.70. The van der Waals surface area contributed by atoms with Crippen LogP contribution in [-0.4, -0.2) is 48.4 Å². The molecular weight excluding hydrogens is 304 g/mol. The van der Waals surface area contributed by atoms with Crippen LogP contribution >= 0.6 is 0 Å². The molecule has 0 N–H and O–H groups in total. The minimum atomic E-state index is -0.443. The van der Waals surface area contributed by atoms with Gasteiger partial charge in [0.05, 0.1) is 5.56 Å². The highest BCUT2D eigenvalue weighted by molar-refractivity contribution is 5.93. The molecule has 1 aliphatic heterocycles. The molecule has 0 bridgehead atoms. The summed E-state index contributed by atoms with van der Waals surface area (Å²) in [5.41, 5.74) is 1.17. The van der Waals surface area contributed by atoms with Crippen molar-refractivity contribution in [1.29, 1.82) is 0 Å². The first kappa shape index (κ1) is 16.2. The van der Waals surface area contributed by atoms with Gasteiger partial charge in [-0.2, -0.15) is 0 Å². The highest BCUT2D eigenvalue weighted by Crippen LogP contribution is 2.08. The van der Waals surface area contributed by atoms with Crippen molar-refractivity contribution in [2.24, 2.45) is 0 Å². The van der Waals surface area contributed by atoms with Crippen molar-refractivity contribution in [3.63, 3.8) is 0 Å². The number of nitrogens with zero attached hydrogens (tertiary/aromatic N) is 2. The Morgan fingerprint density at radius 3 is 2.46 bits per heavy atom. The second-order valence-corrected chi connectivity index (χ2v) is 5.75. The zero-order chi connectivity index (χ0) is 16.8. The zero-order valence-corrected chi connectivity index (χ0v) is 13.4. The van der Waals surface area contributed by atoms with Crippen molar-refractivity contribution in [3.8, 4) is 0 Å². The van der Waals surface area contributed by atoms with Crippen molar-refractivity contribution in [2.75, 3.05) is 32.7 Å². The van der Waals surface area contributed by atoms with Crippen LogP contribution in [-0.2, 0) is 0 Å². The van der Waals surface area contributed by atoms with E-state index in [4.69, 9.17) is 4.42 Å². The van der Waals surface area contributed by atoms with Gasteiger partial charge >= 0.3 is 5.63 Å². The van der Waals surface area contributed by atoms with Gasteiger partial charge in [0.15, 0.2) is 0 Å². The minimum absolute atomic E-state index is 0.0850. The second kappa shape index (κ2) is 7.75. The Balaban J connectivity index is 1.49. The summed E-state index contributed by atoms with van der Waals surface area (Å²) in [4.78, 5) is 27.4. The molecule has 2 heterocycles. The molecule has 2 aromatic rings. The first-order valence-electron chi connectivity index (χ1n) is 8.04. The minimum Gasteiger partial charge on any atom is -0.430 e. The molecule has 0 aliphatic carbocycles. The van der Waals surface area contributed by atoms with E-state index in [2.05, 4.69) is 29.2 Å². The summed E-state index contributed by atoms with van der Waals surface area (Å²) in [5, 5.41) is 0. The van der Waals surface area contributed by atoms with E-state index < -0.39 is 5.63 Å². The summed E-state index contributed by atoms with van der Waals surface area (Å²) in [5.74, 6) is -0.0850. The number of carbonyl (C=O) groups excluding carboxylic acids is 1. The molecule has 5 nitrogen and oxygen atoms in total. The quantitative estimate of drug-likeness (QED) is 0.864. The molecule has 24 heavy (non-hydrogen) atoms. The van der Waals surface area contributed by atoms with Gasteiger partial charge in [-0.3, -0.25) is 9.69 Å². The summed E-state index contributed by atoms with van der Waals surface area (Å²) in [6.07, 6.45) is 5.50. The summed E-state index contributed by atoms with van der Waals surface area (Å²) in [6.45, 7) is 3.90. The third kappa shape index (κ3) is 4.20. The van der Waals surface area contributed by atoms with Crippen LogP contribution in [0.3, 0.4) is 0 Å². The molecule has 0 atom stereocenters. The van der Waals surface area contributed by atoms with Gasteiger partial charge in [-0.05, 0) is 11.6 Å². The maximum atomic E-state index is 12.3. The van der Waals surface area contributed by atoms with Crippen LogP contribution in [0, 0.1) is 0 Å². The Kier molecular flexibility index (Phi) is 5.23. The SMILES string of the molecule is O=C(c1ccc(=O)oc1)N1CCN(C/C=C/c2ccccc2)CC1. The smallest absolute Gasteiger partial charge is 0.335 e. The van der Waals surface area contributed by atoms with Gasteiger partial charge in [0.25, 0.3) is 5.91 Å². The molecule has 0 unspecified atom stereocenters. The van der Waals surface area contributed by atoms with E-state index in [1.807, 2.05) is 18.2 Å². The molecule has 1 aliphatic rings. The lowest BCUT2D eigenvalue weighted by molar-refractivity contribution is 0.0647. The van der Waals surface area contributed by atoms with Crippen LogP contribution in [0.4, 0.5) is 0 Å². The number of amides is 1. The van der Waals surface area contributed by atoms with E-state index >= 15 is 0 Å². The molecule has 1 fully saturated rings. The van der Waals surface area contributed by atoms with Gasteiger partial charge in [0.2, 0.25) is 0 Å². The molecule has 1 saturated heterocycles. The molecule has 0 radical (unpaired) electrons. The van der Waals surface area contributed by atoms with Gasteiger partial charge in [0, 0.05) is 38.8 Å². The first-order valence-corrected chi connectivity index (χ1v) is 8.04. The van der Waals surface area contributed by atoms with Crippen LogP contribution < -0.4 is 5.63 Å². The Hall–Kier alpha value is -2.66. The van der Waals surface area contributed by atoms with Crippen molar-refractivity contribution in [3.05, 3.63) is 76.4 Å². The number of hydrogen-bond acceptors (Lipinski definition) is 4. The summed E-state index contributed by atoms with van der Waals surface area (Å²) < 4.78 is 4.76. The number of benzene rings is 1. The second-order valence-electron chi connectivity index (χ2n) is 5.75. The molecule has 1 aromatic carbocycles. The standard InChI is InChI=1S/C19H20N2O3/c22-18-9-8-17(15-24-18)19(23)21-13-11-20(12-14-21)10-4-7-16-5-2-1-3-6-16/h1-9,15H,10-14H2/b7-4+. The van der Waals surface area contributed by atoms with Crippen LogP contribution in [0.25, 0.3) is 6.08 Å². The summed E-state index contributed by atoms with van der Waals surface area (Å²) >= 11 is 0. The Morgan fingerprint density at radius 1 is 1.04 bits per heavy atom. The highest BCUT2D eigenvalue weighted by atomic mass is 16.4. The predicted octanol–water partition coefficient (Wildman–Crippen LogP) is 2.11. The normalized spacial score (nSPS) is 15.8. The molecule has 0 spiro atoms. The zero-order valence-electron chi connectivity index (χ0n) is 13.4. The highest BCUT2D eigenvalue weighted by Gasteiger charge is 2.21. The summed E-state index contributed by atoms with van der Waals surface area (Å²) in [6, 6.07) is 13.0. The lowest BCUT2D eigenvalue weighted by atomic mass is 10.2. The lowest BCUT2D eigenvalue weighted by Gasteiger charge is -2.34. The predicted molar refractivity (Wildman–Crippen MR) is 92.8 cm³/mol. The molecular formula is C19H20N2O3. The fourth-order valence-corrected chi connectivity index (χ4v) is 2.70. The number of piperazine rings is 1. The van der Waals surface area contributed by atoms with Gasteiger partial charge in [-0.1, -0.05) is 42.5 Å². The lowest BCUT2D eigenvalue weighted by Crippen LogP contribution is -2.48. The number of carbonyl (C=O) groups is 1. The van der Waals surface area contributed by atoms with Gasteiger partial charge in [0.1, 0.15) is 6.26 Å². The van der Waals surface area contributed by atoms with Crippen molar-refractivity contribution >= 4 is 12.0 Å². The maximum Gasteiger partial charge on any atom is 0.335 e. The van der Waals surface area contributed by atoms with Gasteiger partial charge in [-0.25, -0.2) is 4.79 Å². The van der Waals surface area contributed by atoms with E-state index in [9.17, 15) is 9.59 Å². The van der Waals surface area contributed by atoms with Crippen LogP contribution in [0.1, 0.15) is 15.9 Å². The van der Waals surface area contributed by atoms with E-state index in [1.165, 1.54) is 24.0 Å². The Bertz CT molecular complexity index is 739. The Morgan fingerprint density at radius 2 is 1.79 bits per heavy atom. The third-order valence-corrected chi connectivity index (χ3v) is 4.08. The van der Waals surface area contributed by atoms with Crippen LogP contribution in [0.2, 0.25) is 0 Å². The number of hydrogen-bond donors (Lipinski definition) is 0. The Labute approximate surface area is 140 Å². The molecule has 0 saturated carbocycles. The maximum absolute atomic E-state index is 12.3.